The molecule has 1 aromatic heterocycles. The molecule has 0 N–H and O–H groups in total. The second kappa shape index (κ2) is 8.01. The van der Waals surface area contributed by atoms with Gasteiger partial charge in [0.2, 0.25) is 0 Å². The van der Waals surface area contributed by atoms with Gasteiger partial charge >= 0.3 is 0 Å². The Morgan fingerprint density at radius 1 is 1.17 bits per heavy atom. The van der Waals surface area contributed by atoms with Crippen molar-refractivity contribution < 1.29 is 9.72 Å². The van der Waals surface area contributed by atoms with Crippen molar-refractivity contribution in [2.24, 2.45) is 0 Å². The number of amides is 1. The molecule has 0 aliphatic rings. The van der Waals surface area contributed by atoms with E-state index in [1.807, 2.05) is 13.8 Å². The Bertz CT molecular complexity index is 750. The summed E-state index contributed by atoms with van der Waals surface area (Å²) in [5.74, 6) is -0.0540. The van der Waals surface area contributed by atoms with E-state index >= 15 is 0 Å². The number of para-hydroxylation sites is 1. The van der Waals surface area contributed by atoms with Crippen molar-refractivity contribution in [3.63, 3.8) is 0 Å². The Morgan fingerprint density at radius 2 is 1.88 bits per heavy atom. The first-order chi connectivity index (χ1) is 11.6. The number of nitrogens with zero attached hydrogens (tertiary/aromatic N) is 3. The van der Waals surface area contributed by atoms with Crippen LogP contribution in [0.1, 0.15) is 35.5 Å². The van der Waals surface area contributed by atoms with Crippen molar-refractivity contribution in [1.82, 2.24) is 9.88 Å². The van der Waals surface area contributed by atoms with Gasteiger partial charge < -0.3 is 4.90 Å². The number of carbonyl (C=O) groups is 1. The lowest BCUT2D eigenvalue weighted by Crippen LogP contribution is -2.30. The van der Waals surface area contributed by atoms with Gasteiger partial charge in [-0.1, -0.05) is 12.1 Å². The number of rotatable bonds is 6. The number of nitro groups is 1. The summed E-state index contributed by atoms with van der Waals surface area (Å²) in [5.41, 5.74) is 1.71. The van der Waals surface area contributed by atoms with E-state index in [0.29, 0.717) is 29.9 Å². The highest BCUT2D eigenvalue weighted by Crippen LogP contribution is 2.20. The molecule has 1 amide bonds. The average molecular weight is 325 g/mol. The zero-order chi connectivity index (χ0) is 17.5. The van der Waals surface area contributed by atoms with E-state index in [0.717, 1.165) is 0 Å². The highest BCUT2D eigenvalue weighted by atomic mass is 16.6. The minimum absolute atomic E-state index is 0.0436. The molecule has 2 aromatic rings. The zero-order valence-corrected chi connectivity index (χ0v) is 13.7. The van der Waals surface area contributed by atoms with Crippen LogP contribution in [-0.4, -0.2) is 33.8 Å². The summed E-state index contributed by atoms with van der Waals surface area (Å²) in [7, 11) is 0. The molecule has 1 aromatic carbocycles. The van der Waals surface area contributed by atoms with Crippen LogP contribution in [0.15, 0.2) is 42.6 Å². The third kappa shape index (κ3) is 4.04. The predicted molar refractivity (Wildman–Crippen MR) is 93.5 cm³/mol. The molecule has 6 nitrogen and oxygen atoms in total. The highest BCUT2D eigenvalue weighted by Gasteiger charge is 2.12. The van der Waals surface area contributed by atoms with Gasteiger partial charge in [0.05, 0.1) is 21.7 Å². The molecule has 0 bridgehead atoms. The van der Waals surface area contributed by atoms with E-state index in [9.17, 15) is 14.9 Å². The summed E-state index contributed by atoms with van der Waals surface area (Å²) < 4.78 is 0. The molecule has 0 atom stereocenters. The van der Waals surface area contributed by atoms with Crippen LogP contribution in [-0.2, 0) is 0 Å². The normalized spacial score (nSPS) is 10.8. The van der Waals surface area contributed by atoms with E-state index in [2.05, 4.69) is 4.98 Å². The van der Waals surface area contributed by atoms with Gasteiger partial charge in [0.15, 0.2) is 0 Å². The van der Waals surface area contributed by atoms with Gasteiger partial charge in [-0.15, -0.1) is 0 Å². The summed E-state index contributed by atoms with van der Waals surface area (Å²) in [5, 5.41) is 11.0. The van der Waals surface area contributed by atoms with Crippen LogP contribution in [0.25, 0.3) is 12.2 Å². The van der Waals surface area contributed by atoms with Crippen molar-refractivity contribution in [3.8, 4) is 0 Å². The molecule has 1 heterocycles. The molecule has 0 spiro atoms. The smallest absolute Gasteiger partial charge is 0.276 e. The number of benzene rings is 1. The Hall–Kier alpha value is -3.02. The Balaban J connectivity index is 2.18. The molecule has 0 aliphatic heterocycles. The number of nitro benzene ring substituents is 1. The number of pyridine rings is 1. The van der Waals surface area contributed by atoms with Crippen LogP contribution in [0.2, 0.25) is 0 Å². The molecule has 0 unspecified atom stereocenters. The number of aromatic nitrogens is 1. The molecular weight excluding hydrogens is 306 g/mol. The number of hydrogen-bond donors (Lipinski definition) is 0. The van der Waals surface area contributed by atoms with Crippen LogP contribution >= 0.6 is 0 Å². The monoisotopic (exact) mass is 325 g/mol. The fourth-order valence-corrected chi connectivity index (χ4v) is 2.29. The highest BCUT2D eigenvalue weighted by molar-refractivity contribution is 5.94. The molecule has 24 heavy (non-hydrogen) atoms. The SMILES string of the molecule is CCN(CC)C(=O)c1ccc(/C=C/c2ccccc2[N+](=O)[O-])nc1. The van der Waals surface area contributed by atoms with Gasteiger partial charge in [-0.3, -0.25) is 19.9 Å². The van der Waals surface area contributed by atoms with Gasteiger partial charge in [0, 0.05) is 25.4 Å². The first-order valence-corrected chi connectivity index (χ1v) is 7.73. The molecule has 124 valence electrons. The quantitative estimate of drug-likeness (QED) is 0.600. The molecule has 0 radical (unpaired) electrons. The topological polar surface area (TPSA) is 76.3 Å². The van der Waals surface area contributed by atoms with Crippen molar-refractivity contribution in [1.29, 1.82) is 0 Å². The molecule has 2 rings (SSSR count). The van der Waals surface area contributed by atoms with Gasteiger partial charge in [-0.2, -0.15) is 0 Å². The van der Waals surface area contributed by atoms with Crippen LogP contribution < -0.4 is 0 Å². The van der Waals surface area contributed by atoms with E-state index in [-0.39, 0.29) is 11.6 Å². The first kappa shape index (κ1) is 17.3. The Kier molecular flexibility index (Phi) is 5.78. The minimum Gasteiger partial charge on any atom is -0.339 e. The number of hydrogen-bond acceptors (Lipinski definition) is 4. The molecule has 0 aliphatic carbocycles. The summed E-state index contributed by atoms with van der Waals surface area (Å²) in [6.45, 7) is 5.15. The van der Waals surface area contributed by atoms with Crippen LogP contribution in [0.5, 0.6) is 0 Å². The van der Waals surface area contributed by atoms with Crippen molar-refractivity contribution in [2.45, 2.75) is 13.8 Å². The predicted octanol–water partition coefficient (Wildman–Crippen LogP) is 3.64. The summed E-state index contributed by atoms with van der Waals surface area (Å²) in [6, 6.07) is 9.94. The van der Waals surface area contributed by atoms with Crippen molar-refractivity contribution in [3.05, 3.63) is 69.5 Å². The molecule has 0 saturated carbocycles. The zero-order valence-electron chi connectivity index (χ0n) is 13.7. The van der Waals surface area contributed by atoms with E-state index in [1.54, 1.807) is 47.4 Å². The molecule has 0 fully saturated rings. The largest absolute Gasteiger partial charge is 0.339 e. The maximum absolute atomic E-state index is 12.2. The molecule has 6 heteroatoms. The van der Waals surface area contributed by atoms with Gasteiger partial charge in [0.1, 0.15) is 0 Å². The lowest BCUT2D eigenvalue weighted by Gasteiger charge is -2.18. The average Bonchev–Trinajstić information content (AvgIpc) is 2.61. The summed E-state index contributed by atoms with van der Waals surface area (Å²) in [6.07, 6.45) is 4.86. The molecular formula is C18H19N3O3. The van der Waals surface area contributed by atoms with E-state index in [4.69, 9.17) is 0 Å². The number of carbonyl (C=O) groups excluding carboxylic acids is 1. The fraction of sp³-hybridized carbons (Fsp3) is 0.222. The van der Waals surface area contributed by atoms with Gasteiger partial charge in [-0.05, 0) is 44.2 Å². The maximum atomic E-state index is 12.2. The van der Waals surface area contributed by atoms with Gasteiger partial charge in [0.25, 0.3) is 11.6 Å². The Labute approximate surface area is 140 Å². The summed E-state index contributed by atoms with van der Waals surface area (Å²) >= 11 is 0. The maximum Gasteiger partial charge on any atom is 0.276 e. The van der Waals surface area contributed by atoms with Gasteiger partial charge in [-0.25, -0.2) is 0 Å². The van der Waals surface area contributed by atoms with E-state index < -0.39 is 4.92 Å². The lowest BCUT2D eigenvalue weighted by atomic mass is 10.1. The fourth-order valence-electron chi connectivity index (χ4n) is 2.29. The summed E-state index contributed by atoms with van der Waals surface area (Å²) in [4.78, 5) is 28.7. The van der Waals surface area contributed by atoms with Crippen molar-refractivity contribution in [2.75, 3.05) is 13.1 Å². The van der Waals surface area contributed by atoms with Crippen LogP contribution in [0.4, 0.5) is 5.69 Å². The minimum atomic E-state index is -0.418. The first-order valence-electron chi connectivity index (χ1n) is 7.73. The van der Waals surface area contributed by atoms with Crippen molar-refractivity contribution >= 4 is 23.7 Å². The van der Waals surface area contributed by atoms with Crippen LogP contribution in [0.3, 0.4) is 0 Å². The van der Waals surface area contributed by atoms with E-state index in [1.165, 1.54) is 12.3 Å². The standard InChI is InChI=1S/C18H19N3O3/c1-3-20(4-2)18(22)15-10-12-16(19-13-15)11-9-14-7-5-6-8-17(14)21(23)24/h5-13H,3-4H2,1-2H3/b11-9+. The Morgan fingerprint density at radius 3 is 2.46 bits per heavy atom. The molecule has 0 saturated heterocycles. The second-order valence-electron chi connectivity index (χ2n) is 5.10. The lowest BCUT2D eigenvalue weighted by molar-refractivity contribution is -0.385. The third-order valence-electron chi connectivity index (χ3n) is 3.65. The second-order valence-corrected chi connectivity index (χ2v) is 5.10. The van der Waals surface area contributed by atoms with Crippen LogP contribution in [0, 0.1) is 10.1 Å². The third-order valence-corrected chi connectivity index (χ3v) is 3.65.